The topological polar surface area (TPSA) is 20.2 Å². The molecule has 1 unspecified atom stereocenters. The average Bonchev–Trinajstić information content (AvgIpc) is 2.47. The fourth-order valence-corrected chi connectivity index (χ4v) is 2.18. The Balaban J connectivity index is 2.34. The Bertz CT molecular complexity index is 576. The number of aliphatic hydroxyl groups excluding tert-OH is 1. The quantitative estimate of drug-likeness (QED) is 0.779. The second kappa shape index (κ2) is 6.73. The summed E-state index contributed by atoms with van der Waals surface area (Å²) >= 11 is 0. The van der Waals surface area contributed by atoms with Gasteiger partial charge in [-0.25, -0.2) is 0 Å². The molecule has 0 spiro atoms. The van der Waals surface area contributed by atoms with E-state index in [1.165, 1.54) is 11.1 Å². The van der Waals surface area contributed by atoms with Crippen molar-refractivity contribution in [1.82, 2.24) is 0 Å². The van der Waals surface area contributed by atoms with Crippen LogP contribution in [0.2, 0.25) is 0 Å². The summed E-state index contributed by atoms with van der Waals surface area (Å²) in [4.78, 5) is 0. The molecule has 2 aromatic rings. The zero-order valence-corrected chi connectivity index (χ0v) is 13.1. The van der Waals surface area contributed by atoms with E-state index < -0.39 is 0 Å². The predicted octanol–water partition coefficient (Wildman–Crippen LogP) is 5.02. The fraction of sp³-hybridized carbons (Fsp3) is 0.300. The number of benzene rings is 2. The molecule has 2 rings (SSSR count). The molecule has 1 heteroatoms. The van der Waals surface area contributed by atoms with E-state index in [0.29, 0.717) is 6.42 Å². The van der Waals surface area contributed by atoms with Crippen LogP contribution >= 0.6 is 0 Å². The van der Waals surface area contributed by atoms with Crippen LogP contribution < -0.4 is 0 Å². The van der Waals surface area contributed by atoms with E-state index in [-0.39, 0.29) is 11.5 Å². The first-order valence-corrected chi connectivity index (χ1v) is 7.46. The molecule has 0 radical (unpaired) electrons. The molecule has 21 heavy (non-hydrogen) atoms. The summed E-state index contributed by atoms with van der Waals surface area (Å²) in [6.45, 7) is 6.22. The Hall–Kier alpha value is -1.86. The van der Waals surface area contributed by atoms with Crippen molar-refractivity contribution >= 4 is 11.6 Å². The standard InChI is InChI=1S/C20H24O/c1-20(2,3)19(21)15-18(17-12-8-5-9-13-17)14-16-10-6-4-7-11-16/h4-14,19,21H,15H2,1-3H3. The molecule has 110 valence electrons. The first kappa shape index (κ1) is 15.5. The molecule has 0 aliphatic heterocycles. The Morgan fingerprint density at radius 2 is 1.48 bits per heavy atom. The Labute approximate surface area is 128 Å². The number of hydrogen-bond donors (Lipinski definition) is 1. The molecule has 0 heterocycles. The van der Waals surface area contributed by atoms with Crippen LogP contribution in [0.4, 0.5) is 0 Å². The van der Waals surface area contributed by atoms with Gasteiger partial charge in [-0.3, -0.25) is 0 Å². The first-order valence-electron chi connectivity index (χ1n) is 7.46. The summed E-state index contributed by atoms with van der Waals surface area (Å²) < 4.78 is 0. The van der Waals surface area contributed by atoms with Gasteiger partial charge in [0, 0.05) is 0 Å². The molecular formula is C20H24O. The molecular weight excluding hydrogens is 256 g/mol. The molecule has 0 saturated carbocycles. The molecule has 0 aliphatic rings. The van der Waals surface area contributed by atoms with Crippen LogP contribution in [0.1, 0.15) is 38.3 Å². The average molecular weight is 280 g/mol. The summed E-state index contributed by atoms with van der Waals surface area (Å²) in [6.07, 6.45) is 2.46. The van der Waals surface area contributed by atoms with Gasteiger partial charge < -0.3 is 5.11 Å². The van der Waals surface area contributed by atoms with Crippen molar-refractivity contribution in [2.24, 2.45) is 5.41 Å². The van der Waals surface area contributed by atoms with Gasteiger partial charge in [0.2, 0.25) is 0 Å². The number of hydrogen-bond acceptors (Lipinski definition) is 1. The molecule has 1 nitrogen and oxygen atoms in total. The lowest BCUT2D eigenvalue weighted by molar-refractivity contribution is 0.0680. The molecule has 2 aromatic carbocycles. The molecule has 0 amide bonds. The molecule has 1 N–H and O–H groups in total. The zero-order valence-electron chi connectivity index (χ0n) is 13.1. The minimum atomic E-state index is -0.368. The SMILES string of the molecule is CC(C)(C)C(O)CC(=Cc1ccccc1)c1ccccc1. The largest absolute Gasteiger partial charge is 0.392 e. The highest BCUT2D eigenvalue weighted by Crippen LogP contribution is 2.30. The molecule has 0 aromatic heterocycles. The maximum absolute atomic E-state index is 10.5. The van der Waals surface area contributed by atoms with E-state index in [9.17, 15) is 5.11 Å². The summed E-state index contributed by atoms with van der Waals surface area (Å²) in [5.74, 6) is 0. The van der Waals surface area contributed by atoms with Crippen molar-refractivity contribution in [2.45, 2.75) is 33.3 Å². The number of aliphatic hydroxyl groups is 1. The number of rotatable bonds is 4. The predicted molar refractivity (Wildman–Crippen MR) is 90.8 cm³/mol. The maximum atomic E-state index is 10.5. The normalized spacial score (nSPS) is 14.0. The molecule has 0 bridgehead atoms. The van der Waals surface area contributed by atoms with Crippen molar-refractivity contribution in [3.05, 3.63) is 71.8 Å². The van der Waals surface area contributed by atoms with E-state index in [1.54, 1.807) is 0 Å². The van der Waals surface area contributed by atoms with Gasteiger partial charge in [-0.05, 0) is 28.5 Å². The summed E-state index contributed by atoms with van der Waals surface area (Å²) in [5, 5.41) is 10.5. The second-order valence-electron chi connectivity index (χ2n) is 6.53. The monoisotopic (exact) mass is 280 g/mol. The lowest BCUT2D eigenvalue weighted by Crippen LogP contribution is -2.26. The van der Waals surface area contributed by atoms with Crippen LogP contribution in [0.5, 0.6) is 0 Å². The lowest BCUT2D eigenvalue weighted by atomic mass is 9.83. The highest BCUT2D eigenvalue weighted by Gasteiger charge is 2.23. The second-order valence-corrected chi connectivity index (χ2v) is 6.53. The minimum absolute atomic E-state index is 0.120. The third-order valence-electron chi connectivity index (χ3n) is 3.70. The summed E-state index contributed by atoms with van der Waals surface area (Å²) in [6, 6.07) is 20.6. The van der Waals surface area contributed by atoms with Crippen molar-refractivity contribution < 1.29 is 5.11 Å². The van der Waals surface area contributed by atoms with Crippen LogP contribution in [-0.2, 0) is 0 Å². The summed E-state index contributed by atoms with van der Waals surface area (Å²) in [5.41, 5.74) is 3.39. The highest BCUT2D eigenvalue weighted by molar-refractivity contribution is 5.81. The van der Waals surface area contributed by atoms with Gasteiger partial charge in [-0.15, -0.1) is 0 Å². The maximum Gasteiger partial charge on any atom is 0.0629 e. The lowest BCUT2D eigenvalue weighted by Gasteiger charge is -2.27. The van der Waals surface area contributed by atoms with Gasteiger partial charge in [-0.1, -0.05) is 87.5 Å². The van der Waals surface area contributed by atoms with Gasteiger partial charge in [0.15, 0.2) is 0 Å². The van der Waals surface area contributed by atoms with Crippen molar-refractivity contribution in [1.29, 1.82) is 0 Å². The van der Waals surface area contributed by atoms with Crippen molar-refractivity contribution in [3.63, 3.8) is 0 Å². The Morgan fingerprint density at radius 1 is 0.952 bits per heavy atom. The van der Waals surface area contributed by atoms with E-state index in [2.05, 4.69) is 51.1 Å². The van der Waals surface area contributed by atoms with Crippen LogP contribution in [-0.4, -0.2) is 11.2 Å². The van der Waals surface area contributed by atoms with Crippen LogP contribution in [0, 0.1) is 5.41 Å². The van der Waals surface area contributed by atoms with Crippen molar-refractivity contribution in [2.75, 3.05) is 0 Å². The van der Waals surface area contributed by atoms with E-state index in [1.807, 2.05) is 36.4 Å². The third kappa shape index (κ3) is 4.57. The fourth-order valence-electron chi connectivity index (χ4n) is 2.18. The van der Waals surface area contributed by atoms with Gasteiger partial charge in [-0.2, -0.15) is 0 Å². The third-order valence-corrected chi connectivity index (χ3v) is 3.70. The summed E-state index contributed by atoms with van der Waals surface area (Å²) in [7, 11) is 0. The van der Waals surface area contributed by atoms with Gasteiger partial charge >= 0.3 is 0 Å². The van der Waals surface area contributed by atoms with Crippen LogP contribution in [0.3, 0.4) is 0 Å². The zero-order chi connectivity index (χ0) is 15.3. The van der Waals surface area contributed by atoms with Gasteiger partial charge in [0.25, 0.3) is 0 Å². The smallest absolute Gasteiger partial charge is 0.0629 e. The van der Waals surface area contributed by atoms with Gasteiger partial charge in [0.05, 0.1) is 6.10 Å². The van der Waals surface area contributed by atoms with E-state index in [4.69, 9.17) is 0 Å². The molecule has 0 aliphatic carbocycles. The minimum Gasteiger partial charge on any atom is -0.392 e. The molecule has 1 atom stereocenters. The first-order chi connectivity index (χ1) is 9.97. The van der Waals surface area contributed by atoms with Crippen LogP contribution in [0.25, 0.3) is 11.6 Å². The Morgan fingerprint density at radius 3 is 2.00 bits per heavy atom. The van der Waals surface area contributed by atoms with Crippen molar-refractivity contribution in [3.8, 4) is 0 Å². The highest BCUT2D eigenvalue weighted by atomic mass is 16.3. The molecule has 0 fully saturated rings. The van der Waals surface area contributed by atoms with Crippen LogP contribution in [0.15, 0.2) is 60.7 Å². The van der Waals surface area contributed by atoms with Gasteiger partial charge in [0.1, 0.15) is 0 Å². The van der Waals surface area contributed by atoms with E-state index >= 15 is 0 Å². The van der Waals surface area contributed by atoms with E-state index in [0.717, 1.165) is 5.56 Å². The Kier molecular flexibility index (Phi) is 4.98. The molecule has 0 saturated heterocycles.